The van der Waals surface area contributed by atoms with Crippen molar-refractivity contribution < 1.29 is 14.3 Å². The number of hydrogen-bond acceptors (Lipinski definition) is 3. The number of urea groups is 1. The predicted molar refractivity (Wildman–Crippen MR) is 136 cm³/mol. The summed E-state index contributed by atoms with van der Waals surface area (Å²) >= 11 is 6.36. The van der Waals surface area contributed by atoms with Crippen LogP contribution in [0.1, 0.15) is 40.1 Å². The molecule has 35 heavy (non-hydrogen) atoms. The van der Waals surface area contributed by atoms with E-state index < -0.39 is 12.0 Å². The van der Waals surface area contributed by atoms with Crippen LogP contribution in [0, 0.1) is 0 Å². The van der Waals surface area contributed by atoms with Gasteiger partial charge in [-0.2, -0.15) is 0 Å². The number of ether oxygens (including phenoxy) is 1. The summed E-state index contributed by atoms with van der Waals surface area (Å²) in [6.45, 7) is 2.36. The molecule has 0 aliphatic carbocycles. The maximum atomic E-state index is 13.9. The van der Waals surface area contributed by atoms with E-state index in [9.17, 15) is 9.59 Å². The molecule has 2 amide bonds. The molecule has 3 aromatic carbocycles. The SMILES string of the molecule is CCOC(=O)c1ccccc1NC(=O)N1Cc2ccccc2-n2cccc2[C@@H]1c1cccc(Cl)c1. The van der Waals surface area contributed by atoms with E-state index in [1.165, 1.54) is 0 Å². The fourth-order valence-electron chi connectivity index (χ4n) is 4.53. The minimum atomic E-state index is -0.482. The highest BCUT2D eigenvalue weighted by atomic mass is 35.5. The number of esters is 1. The fourth-order valence-corrected chi connectivity index (χ4v) is 4.73. The summed E-state index contributed by atoms with van der Waals surface area (Å²) in [6, 6.07) is 25.7. The van der Waals surface area contributed by atoms with Crippen LogP contribution in [0.3, 0.4) is 0 Å². The molecule has 1 N–H and O–H groups in total. The summed E-state index contributed by atoms with van der Waals surface area (Å²) in [5.74, 6) is -0.482. The first-order valence-electron chi connectivity index (χ1n) is 11.4. The summed E-state index contributed by atoms with van der Waals surface area (Å²) < 4.78 is 7.29. The molecule has 0 spiro atoms. The van der Waals surface area contributed by atoms with Gasteiger partial charge in [0.1, 0.15) is 0 Å². The molecule has 4 aromatic rings. The lowest BCUT2D eigenvalue weighted by Crippen LogP contribution is -2.38. The average Bonchev–Trinajstić information content (AvgIpc) is 3.28. The van der Waals surface area contributed by atoms with Crippen molar-refractivity contribution in [1.29, 1.82) is 0 Å². The highest BCUT2D eigenvalue weighted by Gasteiger charge is 2.33. The fraction of sp³-hybridized carbons (Fsp3) is 0.143. The van der Waals surface area contributed by atoms with Gasteiger partial charge in [-0.3, -0.25) is 0 Å². The second-order valence-electron chi connectivity index (χ2n) is 8.21. The molecule has 176 valence electrons. The van der Waals surface area contributed by atoms with E-state index >= 15 is 0 Å². The van der Waals surface area contributed by atoms with Crippen LogP contribution in [0.25, 0.3) is 5.69 Å². The molecular formula is C28H24ClN3O3. The topological polar surface area (TPSA) is 63.6 Å². The van der Waals surface area contributed by atoms with E-state index in [1.54, 1.807) is 36.1 Å². The van der Waals surface area contributed by atoms with Gasteiger partial charge in [-0.15, -0.1) is 0 Å². The molecule has 0 radical (unpaired) electrons. The average molecular weight is 486 g/mol. The van der Waals surface area contributed by atoms with Gasteiger partial charge in [0, 0.05) is 16.9 Å². The van der Waals surface area contributed by atoms with E-state index in [1.807, 2.05) is 66.9 Å². The molecular weight excluding hydrogens is 462 g/mol. The Kier molecular flexibility index (Phi) is 6.29. The third-order valence-corrected chi connectivity index (χ3v) is 6.29. The minimum absolute atomic E-state index is 0.248. The lowest BCUT2D eigenvalue weighted by Gasteiger charge is -2.31. The van der Waals surface area contributed by atoms with E-state index in [0.29, 0.717) is 22.8 Å². The number of rotatable bonds is 4. The van der Waals surface area contributed by atoms with Crippen LogP contribution >= 0.6 is 11.6 Å². The largest absolute Gasteiger partial charge is 0.462 e. The monoisotopic (exact) mass is 485 g/mol. The molecule has 0 bridgehead atoms. The molecule has 7 heteroatoms. The molecule has 0 unspecified atom stereocenters. The van der Waals surface area contributed by atoms with E-state index in [0.717, 1.165) is 22.5 Å². The lowest BCUT2D eigenvalue weighted by atomic mass is 10.0. The maximum Gasteiger partial charge on any atom is 0.340 e. The van der Waals surface area contributed by atoms with Gasteiger partial charge in [0.05, 0.1) is 36.1 Å². The van der Waals surface area contributed by atoms with Gasteiger partial charge in [-0.25, -0.2) is 9.59 Å². The van der Waals surface area contributed by atoms with Crippen LogP contribution in [-0.4, -0.2) is 28.1 Å². The molecule has 1 atom stereocenters. The van der Waals surface area contributed by atoms with Crippen LogP contribution in [0.15, 0.2) is 91.1 Å². The maximum absolute atomic E-state index is 13.9. The van der Waals surface area contributed by atoms with Crippen LogP contribution in [-0.2, 0) is 11.3 Å². The third-order valence-electron chi connectivity index (χ3n) is 6.05. The van der Waals surface area contributed by atoms with Crippen LogP contribution in [0.5, 0.6) is 0 Å². The Labute approximate surface area is 208 Å². The standard InChI is InChI=1S/C28H24ClN3O3/c1-2-35-27(33)22-12-4-5-13-23(22)30-28(34)32-18-20-9-3-6-14-24(20)31-16-8-15-25(31)26(32)19-10-7-11-21(29)17-19/h3-17,26H,2,18H2,1H3,(H,30,34)/t26-/m0/s1. The highest BCUT2D eigenvalue weighted by Crippen LogP contribution is 2.37. The van der Waals surface area contributed by atoms with Gasteiger partial charge in [0.25, 0.3) is 0 Å². The zero-order valence-corrected chi connectivity index (χ0v) is 19.9. The lowest BCUT2D eigenvalue weighted by molar-refractivity contribution is 0.0527. The van der Waals surface area contributed by atoms with Crippen molar-refractivity contribution in [3.05, 3.63) is 119 Å². The number of para-hydroxylation sites is 2. The summed E-state index contributed by atoms with van der Waals surface area (Å²) in [6.07, 6.45) is 2.00. The normalized spacial score (nSPS) is 14.5. The molecule has 5 rings (SSSR count). The van der Waals surface area contributed by atoms with Crippen molar-refractivity contribution >= 4 is 29.3 Å². The van der Waals surface area contributed by atoms with Crippen LogP contribution < -0.4 is 5.32 Å². The molecule has 1 aliphatic rings. The first-order valence-corrected chi connectivity index (χ1v) is 11.8. The number of aromatic nitrogens is 1. The Morgan fingerprint density at radius 1 is 1.00 bits per heavy atom. The van der Waals surface area contributed by atoms with Gasteiger partial charge < -0.3 is 19.5 Å². The Hall–Kier alpha value is -4.03. The number of carbonyl (C=O) groups is 2. The Bertz CT molecular complexity index is 1400. The smallest absolute Gasteiger partial charge is 0.340 e. The third kappa shape index (κ3) is 4.40. The molecule has 6 nitrogen and oxygen atoms in total. The summed E-state index contributed by atoms with van der Waals surface area (Å²) in [4.78, 5) is 28.1. The zero-order chi connectivity index (χ0) is 24.4. The van der Waals surface area contributed by atoms with E-state index in [-0.39, 0.29) is 12.6 Å². The van der Waals surface area contributed by atoms with Gasteiger partial charge in [-0.1, -0.05) is 54.1 Å². The first kappa shape index (κ1) is 22.7. The predicted octanol–water partition coefficient (Wildman–Crippen LogP) is 6.44. The van der Waals surface area contributed by atoms with Crippen molar-refractivity contribution in [3.63, 3.8) is 0 Å². The van der Waals surface area contributed by atoms with E-state index in [4.69, 9.17) is 16.3 Å². The molecule has 0 saturated heterocycles. The number of fused-ring (bicyclic) bond motifs is 3. The quantitative estimate of drug-likeness (QED) is 0.338. The van der Waals surface area contributed by atoms with Crippen molar-refractivity contribution in [1.82, 2.24) is 9.47 Å². The molecule has 1 aliphatic heterocycles. The van der Waals surface area contributed by atoms with Gasteiger partial charge in [0.15, 0.2) is 0 Å². The summed E-state index contributed by atoms with van der Waals surface area (Å²) in [5.41, 5.74) is 4.55. The molecule has 1 aromatic heterocycles. The number of nitrogens with zero attached hydrogens (tertiary/aromatic N) is 2. The van der Waals surface area contributed by atoms with Crippen molar-refractivity contribution in [3.8, 4) is 5.69 Å². The number of nitrogens with one attached hydrogen (secondary N) is 1. The summed E-state index contributed by atoms with van der Waals surface area (Å²) in [5, 5.41) is 3.55. The number of halogens is 1. The molecule has 0 saturated carbocycles. The number of anilines is 1. The highest BCUT2D eigenvalue weighted by molar-refractivity contribution is 6.30. The Morgan fingerprint density at radius 2 is 1.80 bits per heavy atom. The van der Waals surface area contributed by atoms with Crippen LogP contribution in [0.2, 0.25) is 5.02 Å². The summed E-state index contributed by atoms with van der Waals surface area (Å²) in [7, 11) is 0. The molecule has 0 fully saturated rings. The minimum Gasteiger partial charge on any atom is -0.462 e. The second kappa shape index (κ2) is 9.68. The molecule has 2 heterocycles. The van der Waals surface area contributed by atoms with Crippen LogP contribution in [0.4, 0.5) is 10.5 Å². The number of amides is 2. The zero-order valence-electron chi connectivity index (χ0n) is 19.1. The van der Waals surface area contributed by atoms with Gasteiger partial charge in [0.2, 0.25) is 0 Å². The van der Waals surface area contributed by atoms with Crippen molar-refractivity contribution in [2.24, 2.45) is 0 Å². The van der Waals surface area contributed by atoms with Gasteiger partial charge in [-0.05, 0) is 60.5 Å². The van der Waals surface area contributed by atoms with Crippen molar-refractivity contribution in [2.45, 2.75) is 19.5 Å². The first-order chi connectivity index (χ1) is 17.1. The number of benzene rings is 3. The Balaban J connectivity index is 1.60. The van der Waals surface area contributed by atoms with Crippen molar-refractivity contribution in [2.75, 3.05) is 11.9 Å². The number of carbonyl (C=O) groups excluding carboxylic acids is 2. The van der Waals surface area contributed by atoms with E-state index in [2.05, 4.69) is 9.88 Å². The number of hydrogen-bond donors (Lipinski definition) is 1. The van der Waals surface area contributed by atoms with Gasteiger partial charge >= 0.3 is 12.0 Å². The second-order valence-corrected chi connectivity index (χ2v) is 8.65. The Morgan fingerprint density at radius 3 is 2.63 bits per heavy atom.